The monoisotopic (exact) mass is 379 g/mol. The first kappa shape index (κ1) is 14.7. The fraction of sp³-hybridized carbons (Fsp3) is 1.00. The Morgan fingerprint density at radius 2 is 2.00 bits per heavy atom. The van der Waals surface area contributed by atoms with Crippen LogP contribution in [0.1, 0.15) is 19.8 Å². The molecule has 0 spiro atoms. The summed E-state index contributed by atoms with van der Waals surface area (Å²) in [5.41, 5.74) is 10.9. The third-order valence-electron chi connectivity index (χ3n) is 1.48. The predicted molar refractivity (Wildman–Crippen MR) is 46.4 cm³/mol. The van der Waals surface area contributed by atoms with Gasteiger partial charge in [-0.05, 0) is 19.4 Å². The summed E-state index contributed by atoms with van der Waals surface area (Å²) in [7, 11) is 0. The maximum atomic E-state index is 5.84. The van der Waals surface area contributed by atoms with Crippen LogP contribution in [0.25, 0.3) is 0 Å². The van der Waals surface area contributed by atoms with Gasteiger partial charge in [-0.2, -0.15) is 0 Å². The van der Waals surface area contributed by atoms with Crippen molar-refractivity contribution in [2.24, 2.45) is 11.5 Å². The van der Waals surface area contributed by atoms with Crippen LogP contribution in [0.4, 0.5) is 0 Å². The Hall–Kier alpha value is 1.19. The van der Waals surface area contributed by atoms with Gasteiger partial charge in [0.2, 0.25) is 0 Å². The number of alkyl halides is 2. The second kappa shape index (κ2) is 6.68. The standard InChI is InChI=1S/C6H14Cl2N2.Pt/c1-2-6(8,10)5(7)3-4-9;/h5H,2-4,9-10H2,1H3;. The Kier molecular flexibility index (Phi) is 8.92. The zero-order chi connectivity index (χ0) is 8.20. The molecule has 2 nitrogen and oxygen atoms in total. The number of nitrogens with two attached hydrogens (primary N) is 2. The molecule has 0 amide bonds. The smallest absolute Gasteiger partial charge is 0.107 e. The number of rotatable bonds is 4. The van der Waals surface area contributed by atoms with Crippen molar-refractivity contribution >= 4 is 23.2 Å². The topological polar surface area (TPSA) is 52.0 Å². The van der Waals surface area contributed by atoms with Crippen molar-refractivity contribution in [3.05, 3.63) is 0 Å². The van der Waals surface area contributed by atoms with E-state index in [-0.39, 0.29) is 26.4 Å². The van der Waals surface area contributed by atoms with Crippen LogP contribution < -0.4 is 11.5 Å². The summed E-state index contributed by atoms with van der Waals surface area (Å²) < 4.78 is 0. The van der Waals surface area contributed by atoms with Crippen LogP contribution in [0.5, 0.6) is 0 Å². The van der Waals surface area contributed by atoms with Crippen LogP contribution in [0, 0.1) is 0 Å². The minimum absolute atomic E-state index is 0. The molecule has 72 valence electrons. The fourth-order valence-electron chi connectivity index (χ4n) is 0.608. The first-order valence-electron chi connectivity index (χ1n) is 3.36. The molecule has 0 fully saturated rings. The molecule has 0 aromatic heterocycles. The van der Waals surface area contributed by atoms with Gasteiger partial charge >= 0.3 is 0 Å². The van der Waals surface area contributed by atoms with Gasteiger partial charge in [-0.3, -0.25) is 0 Å². The van der Waals surface area contributed by atoms with Crippen LogP contribution >= 0.6 is 23.2 Å². The van der Waals surface area contributed by atoms with E-state index in [1.165, 1.54) is 0 Å². The molecule has 0 heterocycles. The zero-order valence-electron chi connectivity index (χ0n) is 6.43. The van der Waals surface area contributed by atoms with Gasteiger partial charge in [0.15, 0.2) is 0 Å². The zero-order valence-corrected chi connectivity index (χ0v) is 10.2. The van der Waals surface area contributed by atoms with Crippen LogP contribution in [-0.2, 0) is 21.1 Å². The molecule has 0 saturated heterocycles. The Bertz CT molecular complexity index is 101. The fourth-order valence-corrected chi connectivity index (χ4v) is 0.997. The van der Waals surface area contributed by atoms with Crippen LogP contribution in [-0.4, -0.2) is 16.9 Å². The normalized spacial score (nSPS) is 18.3. The first-order chi connectivity index (χ1) is 4.54. The van der Waals surface area contributed by atoms with E-state index in [2.05, 4.69) is 0 Å². The van der Waals surface area contributed by atoms with Crippen LogP contribution in [0.3, 0.4) is 0 Å². The number of hydrogen-bond donors (Lipinski definition) is 2. The Morgan fingerprint density at radius 1 is 1.55 bits per heavy atom. The second-order valence-electron chi connectivity index (χ2n) is 2.33. The van der Waals surface area contributed by atoms with E-state index in [1.807, 2.05) is 6.92 Å². The molecular formula is C6H14Cl2N2Pt. The Morgan fingerprint density at radius 3 is 2.27 bits per heavy atom. The summed E-state index contributed by atoms with van der Waals surface area (Å²) in [5.74, 6) is 0. The third-order valence-corrected chi connectivity index (χ3v) is 2.73. The van der Waals surface area contributed by atoms with Crippen molar-refractivity contribution in [2.75, 3.05) is 6.54 Å². The number of hydrogen-bond acceptors (Lipinski definition) is 2. The molecule has 11 heavy (non-hydrogen) atoms. The van der Waals surface area contributed by atoms with Crippen molar-refractivity contribution in [2.45, 2.75) is 30.1 Å². The molecule has 0 bridgehead atoms. The van der Waals surface area contributed by atoms with Gasteiger partial charge < -0.3 is 11.5 Å². The molecule has 4 N–H and O–H groups in total. The molecule has 0 aliphatic rings. The van der Waals surface area contributed by atoms with Gasteiger partial charge in [0.05, 0.1) is 5.38 Å². The quantitative estimate of drug-likeness (QED) is 0.570. The molecule has 0 aromatic rings. The van der Waals surface area contributed by atoms with Crippen molar-refractivity contribution in [3.63, 3.8) is 0 Å². The summed E-state index contributed by atoms with van der Waals surface area (Å²) in [6, 6.07) is 0. The second-order valence-corrected chi connectivity index (χ2v) is 3.56. The number of halogens is 2. The van der Waals surface area contributed by atoms with E-state index in [0.29, 0.717) is 19.4 Å². The van der Waals surface area contributed by atoms with Gasteiger partial charge in [-0.15, -0.1) is 23.2 Å². The van der Waals surface area contributed by atoms with Gasteiger partial charge in [0, 0.05) is 21.1 Å². The van der Waals surface area contributed by atoms with Crippen molar-refractivity contribution in [1.29, 1.82) is 0 Å². The summed E-state index contributed by atoms with van der Waals surface area (Å²) >= 11 is 11.7. The first-order valence-corrected chi connectivity index (χ1v) is 4.18. The maximum absolute atomic E-state index is 5.84. The van der Waals surface area contributed by atoms with Crippen molar-refractivity contribution in [3.8, 4) is 0 Å². The van der Waals surface area contributed by atoms with Gasteiger partial charge in [0.1, 0.15) is 5.00 Å². The van der Waals surface area contributed by atoms with Crippen molar-refractivity contribution < 1.29 is 21.1 Å². The van der Waals surface area contributed by atoms with E-state index in [0.717, 1.165) is 0 Å². The minimum Gasteiger partial charge on any atom is -0.330 e. The average molecular weight is 380 g/mol. The van der Waals surface area contributed by atoms with E-state index in [4.69, 9.17) is 34.7 Å². The summed E-state index contributed by atoms with van der Waals surface area (Å²) in [6.07, 6.45) is 1.32. The molecule has 0 rings (SSSR count). The van der Waals surface area contributed by atoms with E-state index >= 15 is 0 Å². The summed E-state index contributed by atoms with van der Waals surface area (Å²) in [6.45, 7) is 2.43. The minimum atomic E-state index is -0.791. The molecule has 0 aliphatic heterocycles. The van der Waals surface area contributed by atoms with E-state index < -0.39 is 5.00 Å². The summed E-state index contributed by atoms with van der Waals surface area (Å²) in [5, 5.41) is -0.232. The van der Waals surface area contributed by atoms with Crippen LogP contribution in [0.2, 0.25) is 0 Å². The molecule has 0 aromatic carbocycles. The molecule has 0 saturated carbocycles. The average Bonchev–Trinajstić information content (AvgIpc) is 1.89. The molecule has 5 heteroatoms. The van der Waals surface area contributed by atoms with E-state index in [1.54, 1.807) is 0 Å². The SMILES string of the molecule is CCC(N)(Cl)C(Cl)CCN.[Pt]. The van der Waals surface area contributed by atoms with Gasteiger partial charge in [-0.1, -0.05) is 6.92 Å². The predicted octanol–water partition coefficient (Wildman–Crippen LogP) is 1.24. The maximum Gasteiger partial charge on any atom is 0.107 e. The molecule has 2 unspecified atom stereocenters. The molecule has 0 radical (unpaired) electrons. The Balaban J connectivity index is 0. The van der Waals surface area contributed by atoms with Crippen LogP contribution in [0.15, 0.2) is 0 Å². The summed E-state index contributed by atoms with van der Waals surface area (Å²) in [4.78, 5) is -0.791. The van der Waals surface area contributed by atoms with Crippen molar-refractivity contribution in [1.82, 2.24) is 0 Å². The Labute approximate surface area is 92.2 Å². The largest absolute Gasteiger partial charge is 0.330 e. The van der Waals surface area contributed by atoms with E-state index in [9.17, 15) is 0 Å². The van der Waals surface area contributed by atoms with Gasteiger partial charge in [-0.25, -0.2) is 0 Å². The molecular weight excluding hydrogens is 366 g/mol. The third kappa shape index (κ3) is 5.43. The molecule has 2 atom stereocenters. The van der Waals surface area contributed by atoms with Gasteiger partial charge in [0.25, 0.3) is 0 Å². The molecule has 0 aliphatic carbocycles.